The normalized spacial score (nSPS) is 18.0. The van der Waals surface area contributed by atoms with Crippen LogP contribution in [0.15, 0.2) is 22.6 Å². The minimum atomic E-state index is -0.364. The van der Waals surface area contributed by atoms with E-state index in [1.165, 1.54) is 12.5 Å². The average molecular weight is 413 g/mol. The van der Waals surface area contributed by atoms with E-state index >= 15 is 0 Å². The lowest BCUT2D eigenvalue weighted by molar-refractivity contribution is 0.0703. The van der Waals surface area contributed by atoms with Crippen molar-refractivity contribution in [1.82, 2.24) is 14.8 Å². The number of hydrogen-bond donors (Lipinski definition) is 0. The molecule has 1 aromatic carbocycles. The molecule has 4 rings (SSSR count). The summed E-state index contributed by atoms with van der Waals surface area (Å²) in [7, 11) is 0. The summed E-state index contributed by atoms with van der Waals surface area (Å²) in [6.45, 7) is 6.13. The van der Waals surface area contributed by atoms with Gasteiger partial charge in [0, 0.05) is 37.7 Å². The monoisotopic (exact) mass is 413 g/mol. The molecule has 160 valence electrons. The van der Waals surface area contributed by atoms with Crippen molar-refractivity contribution in [2.75, 3.05) is 26.2 Å². The van der Waals surface area contributed by atoms with Gasteiger partial charge in [0.25, 0.3) is 11.8 Å². The minimum Gasteiger partial charge on any atom is -0.445 e. The first-order valence-electron chi connectivity index (χ1n) is 10.8. The van der Waals surface area contributed by atoms with Gasteiger partial charge in [0.05, 0.1) is 0 Å². The Bertz CT molecular complexity index is 941. The Labute approximate surface area is 176 Å². The molecule has 1 aromatic heterocycles. The molecule has 0 saturated carbocycles. The van der Waals surface area contributed by atoms with Crippen molar-refractivity contribution in [1.29, 1.82) is 0 Å². The Morgan fingerprint density at radius 1 is 1.00 bits per heavy atom. The average Bonchev–Trinajstić information content (AvgIpc) is 3.17. The molecule has 0 bridgehead atoms. The Morgan fingerprint density at radius 2 is 1.67 bits per heavy atom. The SMILES string of the molecule is Cc1ccc(C(=O)N2CCC(c3nc(C(=O)N4CCCCC4)c(C)o3)CC2)cc1F. The fourth-order valence-corrected chi connectivity index (χ4v) is 4.27. The summed E-state index contributed by atoms with van der Waals surface area (Å²) in [5.41, 5.74) is 1.32. The van der Waals surface area contributed by atoms with Gasteiger partial charge < -0.3 is 14.2 Å². The number of nitrogens with zero attached hydrogens (tertiary/aromatic N) is 3. The van der Waals surface area contributed by atoms with Gasteiger partial charge in [0.1, 0.15) is 11.6 Å². The molecule has 30 heavy (non-hydrogen) atoms. The van der Waals surface area contributed by atoms with Gasteiger partial charge in [0.2, 0.25) is 0 Å². The lowest BCUT2D eigenvalue weighted by Gasteiger charge is -2.30. The molecule has 2 aliphatic heterocycles. The molecule has 0 atom stereocenters. The summed E-state index contributed by atoms with van der Waals surface area (Å²) >= 11 is 0. The molecular weight excluding hydrogens is 385 g/mol. The highest BCUT2D eigenvalue weighted by Gasteiger charge is 2.30. The van der Waals surface area contributed by atoms with E-state index in [4.69, 9.17) is 4.42 Å². The minimum absolute atomic E-state index is 0.0452. The molecule has 2 saturated heterocycles. The number of aryl methyl sites for hydroxylation is 2. The maximum atomic E-state index is 13.8. The number of likely N-dealkylation sites (tertiary alicyclic amines) is 2. The molecule has 7 heteroatoms. The summed E-state index contributed by atoms with van der Waals surface area (Å²) < 4.78 is 19.7. The summed E-state index contributed by atoms with van der Waals surface area (Å²) in [4.78, 5) is 33.6. The maximum Gasteiger partial charge on any atom is 0.276 e. The lowest BCUT2D eigenvalue weighted by atomic mass is 9.96. The van der Waals surface area contributed by atoms with Crippen LogP contribution in [0.5, 0.6) is 0 Å². The molecule has 0 unspecified atom stereocenters. The maximum absolute atomic E-state index is 13.8. The standard InChI is InChI=1S/C23H28FN3O3/c1-15-6-7-18(14-19(15)24)22(28)27-12-8-17(9-13-27)21-25-20(16(2)30-21)23(29)26-10-4-3-5-11-26/h6-7,14,17H,3-5,8-13H2,1-2H3. The predicted molar refractivity (Wildman–Crippen MR) is 110 cm³/mol. The van der Waals surface area contributed by atoms with E-state index in [1.54, 1.807) is 30.9 Å². The molecule has 2 aliphatic rings. The Balaban J connectivity index is 1.40. The van der Waals surface area contributed by atoms with Crippen LogP contribution in [0.1, 0.15) is 76.1 Å². The van der Waals surface area contributed by atoms with Gasteiger partial charge in [-0.05, 0) is 63.6 Å². The highest BCUT2D eigenvalue weighted by Crippen LogP contribution is 2.30. The van der Waals surface area contributed by atoms with E-state index in [9.17, 15) is 14.0 Å². The van der Waals surface area contributed by atoms with Crippen LogP contribution in [0.25, 0.3) is 0 Å². The molecule has 3 heterocycles. The van der Waals surface area contributed by atoms with Crippen LogP contribution >= 0.6 is 0 Å². The van der Waals surface area contributed by atoms with Gasteiger partial charge in [-0.1, -0.05) is 6.07 Å². The number of carbonyl (C=O) groups excluding carboxylic acids is 2. The van der Waals surface area contributed by atoms with Crippen molar-refractivity contribution in [3.05, 3.63) is 52.5 Å². The smallest absolute Gasteiger partial charge is 0.276 e. The van der Waals surface area contributed by atoms with Crippen LogP contribution in [0.4, 0.5) is 4.39 Å². The second kappa shape index (κ2) is 8.58. The third-order valence-corrected chi connectivity index (χ3v) is 6.21. The number of rotatable bonds is 3. The first-order valence-corrected chi connectivity index (χ1v) is 10.8. The number of halogens is 1. The van der Waals surface area contributed by atoms with Crippen LogP contribution in [-0.2, 0) is 0 Å². The number of benzene rings is 1. The van der Waals surface area contributed by atoms with Crippen molar-refractivity contribution < 1.29 is 18.4 Å². The largest absolute Gasteiger partial charge is 0.445 e. The van der Waals surface area contributed by atoms with E-state index in [0.29, 0.717) is 54.4 Å². The Morgan fingerprint density at radius 3 is 2.33 bits per heavy atom. The Kier molecular flexibility index (Phi) is 5.88. The van der Waals surface area contributed by atoms with Crippen LogP contribution in [0.2, 0.25) is 0 Å². The van der Waals surface area contributed by atoms with E-state index < -0.39 is 0 Å². The number of aromatic nitrogens is 1. The number of piperidine rings is 2. The molecule has 0 spiro atoms. The predicted octanol–water partition coefficient (Wildman–Crippen LogP) is 4.08. The summed E-state index contributed by atoms with van der Waals surface area (Å²) in [6.07, 6.45) is 4.65. The summed E-state index contributed by atoms with van der Waals surface area (Å²) in [6, 6.07) is 4.61. The zero-order valence-electron chi connectivity index (χ0n) is 17.6. The van der Waals surface area contributed by atoms with Gasteiger partial charge in [-0.25, -0.2) is 9.37 Å². The van der Waals surface area contributed by atoms with E-state index in [1.807, 2.05) is 4.90 Å². The first-order chi connectivity index (χ1) is 14.4. The second-order valence-electron chi connectivity index (χ2n) is 8.34. The number of amides is 2. The number of carbonyl (C=O) groups is 2. The van der Waals surface area contributed by atoms with Crippen molar-refractivity contribution in [3.8, 4) is 0 Å². The van der Waals surface area contributed by atoms with Crippen molar-refractivity contribution in [2.24, 2.45) is 0 Å². The highest BCUT2D eigenvalue weighted by atomic mass is 19.1. The molecule has 2 amide bonds. The van der Waals surface area contributed by atoms with Crippen molar-refractivity contribution in [2.45, 2.75) is 51.9 Å². The zero-order chi connectivity index (χ0) is 21.3. The van der Waals surface area contributed by atoms with Crippen molar-refractivity contribution >= 4 is 11.8 Å². The molecule has 0 radical (unpaired) electrons. The van der Waals surface area contributed by atoms with Crippen LogP contribution in [0, 0.1) is 19.7 Å². The van der Waals surface area contributed by atoms with Gasteiger partial charge in [-0.3, -0.25) is 9.59 Å². The van der Waals surface area contributed by atoms with E-state index in [0.717, 1.165) is 25.9 Å². The first kappa shape index (κ1) is 20.6. The van der Waals surface area contributed by atoms with Gasteiger partial charge in [-0.15, -0.1) is 0 Å². The van der Waals surface area contributed by atoms with Gasteiger partial charge in [0.15, 0.2) is 11.6 Å². The van der Waals surface area contributed by atoms with E-state index in [-0.39, 0.29) is 23.5 Å². The van der Waals surface area contributed by atoms with Crippen LogP contribution in [-0.4, -0.2) is 52.8 Å². The molecule has 2 aromatic rings. The van der Waals surface area contributed by atoms with Crippen LogP contribution in [0.3, 0.4) is 0 Å². The number of oxazole rings is 1. The zero-order valence-corrected chi connectivity index (χ0v) is 17.6. The molecular formula is C23H28FN3O3. The van der Waals surface area contributed by atoms with Crippen LogP contribution < -0.4 is 0 Å². The number of hydrogen-bond acceptors (Lipinski definition) is 4. The quantitative estimate of drug-likeness (QED) is 0.761. The summed E-state index contributed by atoms with van der Waals surface area (Å²) in [5, 5.41) is 0. The fourth-order valence-electron chi connectivity index (χ4n) is 4.27. The van der Waals surface area contributed by atoms with Gasteiger partial charge >= 0.3 is 0 Å². The van der Waals surface area contributed by atoms with Gasteiger partial charge in [-0.2, -0.15) is 0 Å². The topological polar surface area (TPSA) is 66.7 Å². The van der Waals surface area contributed by atoms with Crippen molar-refractivity contribution in [3.63, 3.8) is 0 Å². The third-order valence-electron chi connectivity index (χ3n) is 6.21. The second-order valence-corrected chi connectivity index (χ2v) is 8.34. The van der Waals surface area contributed by atoms with E-state index in [2.05, 4.69) is 4.98 Å². The molecule has 6 nitrogen and oxygen atoms in total. The summed E-state index contributed by atoms with van der Waals surface area (Å²) in [5.74, 6) is 0.658. The Hall–Kier alpha value is -2.70. The molecule has 0 N–H and O–H groups in total. The fraction of sp³-hybridized carbons (Fsp3) is 0.522. The molecule has 2 fully saturated rings. The third kappa shape index (κ3) is 4.11. The molecule has 0 aliphatic carbocycles. The highest BCUT2D eigenvalue weighted by molar-refractivity contribution is 5.94. The lowest BCUT2D eigenvalue weighted by Crippen LogP contribution is -2.38.